The number of carbonyl (C=O) groups is 4. The lowest BCUT2D eigenvalue weighted by Crippen LogP contribution is -2.67. The van der Waals surface area contributed by atoms with Crippen LogP contribution in [-0.2, 0) is 38.1 Å². The van der Waals surface area contributed by atoms with Gasteiger partial charge in [0.15, 0.2) is 24.4 Å². The van der Waals surface area contributed by atoms with E-state index in [0.29, 0.717) is 0 Å². The van der Waals surface area contributed by atoms with E-state index in [2.05, 4.69) is 0 Å². The molecule has 2 N–H and O–H groups in total. The molecule has 0 aromatic rings. The van der Waals surface area contributed by atoms with Gasteiger partial charge in [0.1, 0.15) is 12.2 Å². The Balaban J connectivity index is 3.49. The van der Waals surface area contributed by atoms with Crippen molar-refractivity contribution in [3.8, 4) is 0 Å². The first-order valence-corrected chi connectivity index (χ1v) is 10.4. The first kappa shape index (κ1) is 28.1. The van der Waals surface area contributed by atoms with Gasteiger partial charge in [-0.3, -0.25) is 4.79 Å². The summed E-state index contributed by atoms with van der Waals surface area (Å²) in [6.07, 6.45) is -5.68. The van der Waals surface area contributed by atoms with Gasteiger partial charge in [-0.1, -0.05) is 18.2 Å². The molecule has 184 valence electrons. The molecular weight excluding hydrogens is 436 g/mol. The SMILES string of the molecule is CC=C(C)C(=O)OC1C(O)C(OC(=O)C(C)=CC)C(OC(=O)C(C)=CC)C(O)C1OC(C)=O. The van der Waals surface area contributed by atoms with Gasteiger partial charge in [0, 0.05) is 23.6 Å². The van der Waals surface area contributed by atoms with Crippen LogP contribution in [0.5, 0.6) is 0 Å². The average Bonchev–Trinajstić information content (AvgIpc) is 2.79. The third kappa shape index (κ3) is 7.00. The molecule has 10 heteroatoms. The van der Waals surface area contributed by atoms with Crippen LogP contribution in [0.2, 0.25) is 0 Å². The largest absolute Gasteiger partial charge is 0.456 e. The molecule has 1 saturated carbocycles. The summed E-state index contributed by atoms with van der Waals surface area (Å²) < 4.78 is 21.1. The lowest BCUT2D eigenvalue weighted by molar-refractivity contribution is -0.249. The van der Waals surface area contributed by atoms with Crippen LogP contribution in [0.4, 0.5) is 0 Å². The molecule has 0 saturated heterocycles. The Kier molecular flexibility index (Phi) is 10.5. The molecule has 1 fully saturated rings. The van der Waals surface area contributed by atoms with E-state index in [1.165, 1.54) is 39.0 Å². The van der Waals surface area contributed by atoms with Gasteiger partial charge in [-0.05, 0) is 41.5 Å². The van der Waals surface area contributed by atoms with E-state index in [0.717, 1.165) is 6.92 Å². The Labute approximate surface area is 192 Å². The minimum absolute atomic E-state index is 0.187. The molecule has 0 amide bonds. The van der Waals surface area contributed by atoms with Gasteiger partial charge >= 0.3 is 23.9 Å². The second kappa shape index (κ2) is 12.3. The average molecular weight is 468 g/mol. The van der Waals surface area contributed by atoms with Crippen LogP contribution in [0.15, 0.2) is 34.9 Å². The lowest BCUT2D eigenvalue weighted by atomic mass is 9.84. The van der Waals surface area contributed by atoms with Crippen molar-refractivity contribution in [2.75, 3.05) is 0 Å². The van der Waals surface area contributed by atoms with Gasteiger partial charge in [-0.2, -0.15) is 0 Å². The summed E-state index contributed by atoms with van der Waals surface area (Å²) >= 11 is 0. The minimum atomic E-state index is -1.80. The monoisotopic (exact) mass is 468 g/mol. The van der Waals surface area contributed by atoms with Crippen molar-refractivity contribution in [1.82, 2.24) is 0 Å². The van der Waals surface area contributed by atoms with Crippen LogP contribution in [-0.4, -0.2) is 70.7 Å². The number of rotatable bonds is 7. The maximum atomic E-state index is 12.4. The molecular formula is C23H32O10. The number of hydrogen-bond acceptors (Lipinski definition) is 10. The zero-order valence-corrected chi connectivity index (χ0v) is 19.9. The van der Waals surface area contributed by atoms with E-state index in [9.17, 15) is 29.4 Å². The number of aliphatic hydroxyl groups excluding tert-OH is 2. The molecule has 1 aliphatic carbocycles. The standard InChI is InChI=1S/C23H32O10/c1-8-11(4)21(27)31-18-16(26)20(33-23(29)13(6)10-3)19(32-22(28)12(5)9-2)15(25)17(18)30-14(7)24/h8-10,15-20,25-26H,1-7H3. The maximum Gasteiger partial charge on any atom is 0.333 e. The highest BCUT2D eigenvalue weighted by Crippen LogP contribution is 2.32. The quantitative estimate of drug-likeness (QED) is 0.318. The van der Waals surface area contributed by atoms with Crippen LogP contribution in [0.1, 0.15) is 48.5 Å². The van der Waals surface area contributed by atoms with E-state index in [-0.39, 0.29) is 16.7 Å². The molecule has 0 aromatic heterocycles. The molecule has 0 aliphatic heterocycles. The second-order valence-electron chi connectivity index (χ2n) is 7.58. The highest BCUT2D eigenvalue weighted by Gasteiger charge is 2.57. The summed E-state index contributed by atoms with van der Waals surface area (Å²) in [5, 5.41) is 22.0. The van der Waals surface area contributed by atoms with Crippen molar-refractivity contribution in [3.05, 3.63) is 34.9 Å². The molecule has 1 rings (SSSR count). The zero-order chi connectivity index (χ0) is 25.5. The van der Waals surface area contributed by atoms with Crippen molar-refractivity contribution >= 4 is 23.9 Å². The molecule has 0 bridgehead atoms. The number of allylic oxidation sites excluding steroid dienone is 3. The summed E-state index contributed by atoms with van der Waals surface area (Å²) in [7, 11) is 0. The number of esters is 4. The summed E-state index contributed by atoms with van der Waals surface area (Å²) in [4.78, 5) is 48.9. The third-order valence-corrected chi connectivity index (χ3v) is 5.29. The fraction of sp³-hybridized carbons (Fsp3) is 0.565. The number of carbonyl (C=O) groups excluding carboxylic acids is 4. The second-order valence-corrected chi connectivity index (χ2v) is 7.58. The summed E-state index contributed by atoms with van der Waals surface area (Å²) in [5.74, 6) is -3.39. The van der Waals surface area contributed by atoms with Crippen molar-refractivity contribution in [3.63, 3.8) is 0 Å². The highest BCUT2D eigenvalue weighted by molar-refractivity contribution is 5.89. The Morgan fingerprint density at radius 3 is 1.00 bits per heavy atom. The fourth-order valence-electron chi connectivity index (χ4n) is 2.89. The van der Waals surface area contributed by atoms with Crippen molar-refractivity contribution in [1.29, 1.82) is 0 Å². The molecule has 0 aromatic carbocycles. The van der Waals surface area contributed by atoms with Crippen LogP contribution < -0.4 is 0 Å². The Morgan fingerprint density at radius 1 is 0.545 bits per heavy atom. The molecule has 0 radical (unpaired) electrons. The molecule has 0 spiro atoms. The predicted octanol–water partition coefficient (Wildman–Crippen LogP) is 1.29. The van der Waals surface area contributed by atoms with E-state index in [1.807, 2.05) is 0 Å². The third-order valence-electron chi connectivity index (χ3n) is 5.29. The summed E-state index contributed by atoms with van der Waals surface area (Å²) in [6.45, 7) is 10.2. The summed E-state index contributed by atoms with van der Waals surface area (Å²) in [5.41, 5.74) is 0.563. The van der Waals surface area contributed by atoms with Crippen molar-refractivity contribution in [2.24, 2.45) is 0 Å². The Morgan fingerprint density at radius 2 is 0.788 bits per heavy atom. The highest BCUT2D eigenvalue weighted by atomic mass is 16.6. The fourth-order valence-corrected chi connectivity index (χ4v) is 2.89. The van der Waals surface area contributed by atoms with Gasteiger partial charge in [0.25, 0.3) is 0 Å². The number of aliphatic hydroxyl groups is 2. The summed E-state index contributed by atoms with van der Waals surface area (Å²) in [6, 6.07) is 0. The van der Waals surface area contributed by atoms with Crippen LogP contribution in [0.3, 0.4) is 0 Å². The topological polar surface area (TPSA) is 146 Å². The number of ether oxygens (including phenoxy) is 4. The van der Waals surface area contributed by atoms with Gasteiger partial charge < -0.3 is 29.2 Å². The Bertz CT molecular complexity index is 853. The van der Waals surface area contributed by atoms with E-state index < -0.39 is 60.5 Å². The van der Waals surface area contributed by atoms with Gasteiger partial charge in [-0.15, -0.1) is 0 Å². The molecule has 1 aliphatic rings. The first-order chi connectivity index (χ1) is 15.4. The predicted molar refractivity (Wildman–Crippen MR) is 116 cm³/mol. The van der Waals surface area contributed by atoms with Gasteiger partial charge in [-0.25, -0.2) is 14.4 Å². The van der Waals surface area contributed by atoms with Crippen LogP contribution in [0, 0.1) is 0 Å². The molecule has 0 heterocycles. The van der Waals surface area contributed by atoms with Gasteiger partial charge in [0.2, 0.25) is 0 Å². The smallest absolute Gasteiger partial charge is 0.333 e. The number of hydrogen-bond donors (Lipinski definition) is 2. The maximum absolute atomic E-state index is 12.4. The van der Waals surface area contributed by atoms with Crippen LogP contribution >= 0.6 is 0 Å². The first-order valence-electron chi connectivity index (χ1n) is 10.4. The van der Waals surface area contributed by atoms with Crippen molar-refractivity contribution in [2.45, 2.75) is 85.1 Å². The van der Waals surface area contributed by atoms with E-state index in [4.69, 9.17) is 18.9 Å². The molecule has 33 heavy (non-hydrogen) atoms. The van der Waals surface area contributed by atoms with E-state index >= 15 is 0 Å². The molecule has 6 unspecified atom stereocenters. The lowest BCUT2D eigenvalue weighted by Gasteiger charge is -2.45. The minimum Gasteiger partial charge on any atom is -0.456 e. The Hall–Kier alpha value is -2.98. The molecule has 6 atom stereocenters. The molecule has 10 nitrogen and oxygen atoms in total. The van der Waals surface area contributed by atoms with Gasteiger partial charge in [0.05, 0.1) is 0 Å². The van der Waals surface area contributed by atoms with Crippen LogP contribution in [0.25, 0.3) is 0 Å². The zero-order valence-electron chi connectivity index (χ0n) is 19.9. The van der Waals surface area contributed by atoms with E-state index in [1.54, 1.807) is 20.8 Å². The van der Waals surface area contributed by atoms with Crippen molar-refractivity contribution < 1.29 is 48.3 Å². The normalized spacial score (nSPS) is 28.6.